The lowest BCUT2D eigenvalue weighted by Crippen LogP contribution is -2.13. The molecule has 0 saturated heterocycles. The molecule has 94 valence electrons. The van der Waals surface area contributed by atoms with E-state index in [0.717, 1.165) is 0 Å². The molecule has 0 bridgehead atoms. The van der Waals surface area contributed by atoms with E-state index in [0.29, 0.717) is 29.6 Å². The van der Waals surface area contributed by atoms with Gasteiger partial charge in [0.2, 0.25) is 0 Å². The minimum atomic E-state index is -0.486. The highest BCUT2D eigenvalue weighted by Gasteiger charge is 2.16. The molecule has 6 heteroatoms. The third kappa shape index (κ3) is 3.31. The molecule has 0 saturated carbocycles. The minimum absolute atomic E-state index is 0.193. The van der Waals surface area contributed by atoms with E-state index in [-0.39, 0.29) is 5.69 Å². The number of aromatic nitrogens is 1. The van der Waals surface area contributed by atoms with Crippen molar-refractivity contribution in [2.75, 3.05) is 20.8 Å². The number of hydrogen-bond donors (Lipinski definition) is 1. The standard InChI is InChI=1S/C11H15ClN2O3/c1-4-17-11(15)7-5-9(16-3)10(12)8(14-7)6-13-2/h5,13H,4,6H2,1-3H3. The van der Waals surface area contributed by atoms with Crippen LogP contribution in [0.1, 0.15) is 23.1 Å². The highest BCUT2D eigenvalue weighted by atomic mass is 35.5. The molecular formula is C11H15ClN2O3. The smallest absolute Gasteiger partial charge is 0.357 e. The number of carbonyl (C=O) groups is 1. The summed E-state index contributed by atoms with van der Waals surface area (Å²) < 4.78 is 9.97. The summed E-state index contributed by atoms with van der Waals surface area (Å²) in [5, 5.41) is 3.32. The molecule has 17 heavy (non-hydrogen) atoms. The second-order valence-electron chi connectivity index (χ2n) is 3.22. The number of pyridine rings is 1. The van der Waals surface area contributed by atoms with Crippen molar-refractivity contribution >= 4 is 17.6 Å². The molecule has 0 fully saturated rings. The van der Waals surface area contributed by atoms with Gasteiger partial charge in [-0.15, -0.1) is 0 Å². The van der Waals surface area contributed by atoms with Crippen molar-refractivity contribution in [3.63, 3.8) is 0 Å². The van der Waals surface area contributed by atoms with Gasteiger partial charge in [0, 0.05) is 12.6 Å². The van der Waals surface area contributed by atoms with Gasteiger partial charge in [0.15, 0.2) is 5.69 Å². The lowest BCUT2D eigenvalue weighted by Gasteiger charge is -2.10. The SMILES string of the molecule is CCOC(=O)c1cc(OC)c(Cl)c(CNC)n1. The van der Waals surface area contributed by atoms with E-state index >= 15 is 0 Å². The van der Waals surface area contributed by atoms with Gasteiger partial charge >= 0.3 is 5.97 Å². The topological polar surface area (TPSA) is 60.5 Å². The van der Waals surface area contributed by atoms with Crippen molar-refractivity contribution in [3.05, 3.63) is 22.5 Å². The number of rotatable bonds is 5. The maximum Gasteiger partial charge on any atom is 0.357 e. The summed E-state index contributed by atoms with van der Waals surface area (Å²) in [6.45, 7) is 2.48. The Hall–Kier alpha value is -1.33. The zero-order valence-corrected chi connectivity index (χ0v) is 10.8. The van der Waals surface area contributed by atoms with Gasteiger partial charge in [-0.05, 0) is 14.0 Å². The Morgan fingerprint density at radius 1 is 1.59 bits per heavy atom. The molecule has 0 aliphatic carbocycles. The van der Waals surface area contributed by atoms with E-state index in [4.69, 9.17) is 21.1 Å². The van der Waals surface area contributed by atoms with Gasteiger partial charge in [-0.2, -0.15) is 0 Å². The molecule has 0 amide bonds. The first kappa shape index (κ1) is 13.7. The van der Waals surface area contributed by atoms with Gasteiger partial charge in [-0.1, -0.05) is 11.6 Å². The van der Waals surface area contributed by atoms with Crippen LogP contribution in [-0.4, -0.2) is 31.7 Å². The Kier molecular flexibility index (Phi) is 5.18. The lowest BCUT2D eigenvalue weighted by molar-refractivity contribution is 0.0518. The van der Waals surface area contributed by atoms with Crippen LogP contribution in [0.15, 0.2) is 6.07 Å². The molecule has 0 radical (unpaired) electrons. The maximum atomic E-state index is 11.6. The summed E-state index contributed by atoms with van der Waals surface area (Å²) in [7, 11) is 3.25. The van der Waals surface area contributed by atoms with Gasteiger partial charge < -0.3 is 14.8 Å². The number of halogens is 1. The fourth-order valence-electron chi connectivity index (χ4n) is 1.30. The van der Waals surface area contributed by atoms with Crippen molar-refractivity contribution in [2.24, 2.45) is 0 Å². The van der Waals surface area contributed by atoms with E-state index in [1.165, 1.54) is 13.2 Å². The number of ether oxygens (including phenoxy) is 2. The van der Waals surface area contributed by atoms with Gasteiger partial charge in [-0.3, -0.25) is 0 Å². The Morgan fingerprint density at radius 2 is 2.29 bits per heavy atom. The Labute approximate surface area is 105 Å². The van der Waals surface area contributed by atoms with Crippen LogP contribution >= 0.6 is 11.6 Å². The molecule has 1 N–H and O–H groups in total. The fraction of sp³-hybridized carbons (Fsp3) is 0.455. The summed E-state index contributed by atoms with van der Waals surface area (Å²) in [4.78, 5) is 15.7. The Balaban J connectivity index is 3.14. The predicted molar refractivity (Wildman–Crippen MR) is 64.5 cm³/mol. The highest BCUT2D eigenvalue weighted by molar-refractivity contribution is 6.32. The quantitative estimate of drug-likeness (QED) is 0.814. The molecule has 0 aromatic carbocycles. The third-order valence-electron chi connectivity index (χ3n) is 2.04. The van der Waals surface area contributed by atoms with E-state index < -0.39 is 5.97 Å². The second-order valence-corrected chi connectivity index (χ2v) is 3.60. The first-order chi connectivity index (χ1) is 8.13. The number of nitrogens with zero attached hydrogens (tertiary/aromatic N) is 1. The van der Waals surface area contributed by atoms with Gasteiger partial charge in [0.05, 0.1) is 19.4 Å². The van der Waals surface area contributed by atoms with Crippen LogP contribution in [0.25, 0.3) is 0 Å². The summed E-state index contributed by atoms with van der Waals surface area (Å²) in [6.07, 6.45) is 0. The number of methoxy groups -OCH3 is 1. The van der Waals surface area contributed by atoms with Crippen LogP contribution in [0.5, 0.6) is 5.75 Å². The van der Waals surface area contributed by atoms with Crippen LogP contribution in [-0.2, 0) is 11.3 Å². The Morgan fingerprint density at radius 3 is 2.82 bits per heavy atom. The number of carbonyl (C=O) groups excluding carboxylic acids is 1. The summed E-state index contributed by atoms with van der Waals surface area (Å²) >= 11 is 6.06. The zero-order chi connectivity index (χ0) is 12.8. The third-order valence-corrected chi connectivity index (χ3v) is 2.45. The molecule has 1 rings (SSSR count). The van der Waals surface area contributed by atoms with Crippen molar-refractivity contribution < 1.29 is 14.3 Å². The minimum Gasteiger partial charge on any atom is -0.495 e. The summed E-state index contributed by atoms with van der Waals surface area (Å²) in [5.74, 6) is -0.0743. The first-order valence-corrected chi connectivity index (χ1v) is 5.57. The fourth-order valence-corrected chi connectivity index (χ4v) is 1.54. The number of nitrogens with one attached hydrogen (secondary N) is 1. The zero-order valence-electron chi connectivity index (χ0n) is 10.0. The van der Waals surface area contributed by atoms with Crippen LogP contribution in [0.2, 0.25) is 5.02 Å². The Bertz CT molecular complexity index is 410. The largest absolute Gasteiger partial charge is 0.495 e. The molecule has 5 nitrogen and oxygen atoms in total. The van der Waals surface area contributed by atoms with Crippen LogP contribution in [0, 0.1) is 0 Å². The van der Waals surface area contributed by atoms with E-state index in [9.17, 15) is 4.79 Å². The molecule has 0 spiro atoms. The molecule has 0 atom stereocenters. The maximum absolute atomic E-state index is 11.6. The average Bonchev–Trinajstić information content (AvgIpc) is 2.32. The van der Waals surface area contributed by atoms with Gasteiger partial charge in [0.25, 0.3) is 0 Å². The van der Waals surface area contributed by atoms with Gasteiger partial charge in [-0.25, -0.2) is 9.78 Å². The molecule has 1 heterocycles. The van der Waals surface area contributed by atoms with Crippen molar-refractivity contribution in [3.8, 4) is 5.75 Å². The van der Waals surface area contributed by atoms with Crippen LogP contribution in [0.4, 0.5) is 0 Å². The molecule has 1 aromatic rings. The van der Waals surface area contributed by atoms with Crippen LogP contribution in [0.3, 0.4) is 0 Å². The molecular weight excluding hydrogens is 244 g/mol. The monoisotopic (exact) mass is 258 g/mol. The second kappa shape index (κ2) is 6.42. The average molecular weight is 259 g/mol. The molecule has 0 aliphatic heterocycles. The predicted octanol–water partition coefficient (Wildman–Crippen LogP) is 1.64. The van der Waals surface area contributed by atoms with Crippen molar-refractivity contribution in [1.82, 2.24) is 10.3 Å². The first-order valence-electron chi connectivity index (χ1n) is 5.19. The van der Waals surface area contributed by atoms with E-state index in [1.54, 1.807) is 14.0 Å². The van der Waals surface area contributed by atoms with E-state index in [1.807, 2.05) is 0 Å². The molecule has 1 aromatic heterocycles. The lowest BCUT2D eigenvalue weighted by atomic mass is 10.2. The van der Waals surface area contributed by atoms with Crippen molar-refractivity contribution in [1.29, 1.82) is 0 Å². The summed E-state index contributed by atoms with van der Waals surface area (Å²) in [6, 6.07) is 1.47. The summed E-state index contributed by atoms with van der Waals surface area (Å²) in [5.41, 5.74) is 0.745. The van der Waals surface area contributed by atoms with Gasteiger partial charge in [0.1, 0.15) is 10.8 Å². The highest BCUT2D eigenvalue weighted by Crippen LogP contribution is 2.28. The number of hydrogen-bond acceptors (Lipinski definition) is 5. The molecule has 0 unspecified atom stereocenters. The van der Waals surface area contributed by atoms with Crippen molar-refractivity contribution in [2.45, 2.75) is 13.5 Å². The van der Waals surface area contributed by atoms with E-state index in [2.05, 4.69) is 10.3 Å². The number of esters is 1. The molecule has 0 aliphatic rings. The normalized spacial score (nSPS) is 10.1. The van der Waals surface area contributed by atoms with Crippen LogP contribution < -0.4 is 10.1 Å².